The Morgan fingerprint density at radius 1 is 0.407 bits per heavy atom. The molecule has 0 aliphatic rings. The van der Waals surface area contributed by atoms with Gasteiger partial charge in [-0.3, -0.25) is 14.4 Å². The Morgan fingerprint density at radius 2 is 0.741 bits per heavy atom. The van der Waals surface area contributed by atoms with Crippen LogP contribution in [0, 0.1) is 0 Å². The van der Waals surface area contributed by atoms with Gasteiger partial charge in [-0.25, -0.2) is 0 Å². The molecule has 0 amide bonds. The van der Waals surface area contributed by atoms with Crippen LogP contribution in [0.1, 0.15) is 98.2 Å². The lowest BCUT2D eigenvalue weighted by Crippen LogP contribution is -2.13. The number of ether oxygens (including phenoxy) is 6. The van der Waals surface area contributed by atoms with Gasteiger partial charge in [0, 0.05) is 22.3 Å². The maximum atomic E-state index is 13.1. The zero-order valence-electron chi connectivity index (χ0n) is 32.4. The largest absolute Gasteiger partial charge is 0.504 e. The highest BCUT2D eigenvalue weighted by Crippen LogP contribution is 2.22. The minimum absolute atomic E-state index is 0.00506. The van der Waals surface area contributed by atoms with E-state index in [9.17, 15) is 29.7 Å². The third-order valence-electron chi connectivity index (χ3n) is 8.64. The molecular formula is C42H56O12. The first-order chi connectivity index (χ1) is 25.8. The smallest absolute Gasteiger partial charge is 0.225 e. The molecule has 0 heterocycles. The minimum atomic E-state index is -0.537. The Kier molecular flexibility index (Phi) is 18.8. The third kappa shape index (κ3) is 14.2. The number of hydrogen-bond donors (Lipinski definition) is 3. The maximum Gasteiger partial charge on any atom is 0.225 e. The van der Waals surface area contributed by atoms with Crippen molar-refractivity contribution in [2.75, 3.05) is 52.9 Å². The van der Waals surface area contributed by atoms with Crippen molar-refractivity contribution in [3.63, 3.8) is 0 Å². The van der Waals surface area contributed by atoms with Gasteiger partial charge in [0.1, 0.15) is 0 Å². The average Bonchev–Trinajstić information content (AvgIpc) is 3.43. The van der Waals surface area contributed by atoms with Gasteiger partial charge in [0.05, 0.1) is 79.3 Å². The molecule has 296 valence electrons. The molecule has 0 fully saturated rings. The summed E-state index contributed by atoms with van der Waals surface area (Å²) in [6.07, 6.45) is 0. The SMILES string of the molecule is CC(C)c1cc(COCCOCCOCc2ccc(C(C)C)cc(=O)c2O)c(O)c(=O)c(COCCOCCOCc2ccc(C(C)C)cc(=O)c2O)c1. The molecule has 3 N–H and O–H groups in total. The summed E-state index contributed by atoms with van der Waals surface area (Å²) >= 11 is 0. The summed E-state index contributed by atoms with van der Waals surface area (Å²) in [7, 11) is 0. The second-order valence-corrected chi connectivity index (χ2v) is 13.8. The summed E-state index contributed by atoms with van der Waals surface area (Å²) in [6, 6.07) is 13.4. The third-order valence-corrected chi connectivity index (χ3v) is 8.64. The molecule has 12 heteroatoms. The molecule has 0 unspecified atom stereocenters. The molecule has 54 heavy (non-hydrogen) atoms. The van der Waals surface area contributed by atoms with Gasteiger partial charge in [-0.05, 0) is 58.7 Å². The molecule has 0 aliphatic heterocycles. The van der Waals surface area contributed by atoms with Crippen molar-refractivity contribution in [2.45, 2.75) is 85.7 Å². The van der Waals surface area contributed by atoms with E-state index in [-0.39, 0.29) is 109 Å². The van der Waals surface area contributed by atoms with Crippen LogP contribution in [0.4, 0.5) is 0 Å². The van der Waals surface area contributed by atoms with E-state index in [0.29, 0.717) is 22.3 Å². The molecule has 3 aromatic rings. The number of aromatic hydroxyl groups is 3. The van der Waals surface area contributed by atoms with E-state index in [2.05, 4.69) is 0 Å². The maximum absolute atomic E-state index is 13.1. The minimum Gasteiger partial charge on any atom is -0.504 e. The van der Waals surface area contributed by atoms with E-state index in [1.807, 2.05) is 53.7 Å². The van der Waals surface area contributed by atoms with E-state index >= 15 is 0 Å². The first-order valence-electron chi connectivity index (χ1n) is 18.4. The first-order valence-corrected chi connectivity index (χ1v) is 18.4. The highest BCUT2D eigenvalue weighted by molar-refractivity contribution is 5.39. The predicted molar refractivity (Wildman–Crippen MR) is 206 cm³/mol. The van der Waals surface area contributed by atoms with E-state index in [1.54, 1.807) is 24.3 Å². The standard InChI is InChI=1S/C42H56O12/c1-27(2)30-7-9-32(39(45)37(43)21-30)23-51-15-11-49-13-17-53-25-35-19-34(29(5)6)20-36(42(48)41(35)47)26-54-18-14-50-12-16-52-24-33-10-8-31(28(3)4)22-38(44)40(33)46/h7-10,19-22,27-29H,11-18,23-26H2,1-6H3,(H,43,45)(H,44,46)(H,47,48). The van der Waals surface area contributed by atoms with E-state index in [4.69, 9.17) is 28.4 Å². The van der Waals surface area contributed by atoms with Crippen molar-refractivity contribution in [3.8, 4) is 17.2 Å². The summed E-state index contributed by atoms with van der Waals surface area (Å²) in [5.41, 5.74) is 2.58. The fraction of sp³-hybridized carbons (Fsp3) is 0.500. The fourth-order valence-electron chi connectivity index (χ4n) is 5.19. The van der Waals surface area contributed by atoms with Crippen molar-refractivity contribution >= 4 is 0 Å². The van der Waals surface area contributed by atoms with Gasteiger partial charge in [0.2, 0.25) is 16.3 Å². The van der Waals surface area contributed by atoms with Crippen molar-refractivity contribution in [2.24, 2.45) is 0 Å². The molecule has 3 rings (SSSR count). The summed E-state index contributed by atoms with van der Waals surface area (Å²) in [4.78, 5) is 37.5. The number of hydrogen-bond acceptors (Lipinski definition) is 12. The summed E-state index contributed by atoms with van der Waals surface area (Å²) in [6.45, 7) is 13.9. The van der Waals surface area contributed by atoms with Gasteiger partial charge in [-0.15, -0.1) is 0 Å². The molecule has 3 aromatic carbocycles. The van der Waals surface area contributed by atoms with Crippen LogP contribution in [0.3, 0.4) is 0 Å². The van der Waals surface area contributed by atoms with Crippen LogP contribution < -0.4 is 16.3 Å². The van der Waals surface area contributed by atoms with Gasteiger partial charge in [0.25, 0.3) is 0 Å². The fourth-order valence-corrected chi connectivity index (χ4v) is 5.19. The van der Waals surface area contributed by atoms with Crippen molar-refractivity contribution < 1.29 is 43.7 Å². The molecule has 12 nitrogen and oxygen atoms in total. The quantitative estimate of drug-likeness (QED) is 0.101. The van der Waals surface area contributed by atoms with Gasteiger partial charge in [-0.1, -0.05) is 65.8 Å². The Morgan fingerprint density at radius 3 is 1.13 bits per heavy atom. The number of rotatable bonds is 23. The van der Waals surface area contributed by atoms with Crippen LogP contribution in [0.25, 0.3) is 0 Å². The van der Waals surface area contributed by atoms with Crippen molar-refractivity contribution in [3.05, 3.63) is 118 Å². The van der Waals surface area contributed by atoms with Crippen LogP contribution in [-0.4, -0.2) is 68.2 Å². The molecule has 0 saturated heterocycles. The van der Waals surface area contributed by atoms with Crippen LogP contribution in [-0.2, 0) is 54.8 Å². The Bertz CT molecular complexity index is 1820. The highest BCUT2D eigenvalue weighted by atomic mass is 16.5. The second-order valence-electron chi connectivity index (χ2n) is 13.8. The summed E-state index contributed by atoms with van der Waals surface area (Å²) < 4.78 is 33.7. The zero-order valence-corrected chi connectivity index (χ0v) is 32.4. The van der Waals surface area contributed by atoms with E-state index in [0.717, 1.165) is 16.7 Å². The molecule has 0 spiro atoms. The normalized spacial score (nSPS) is 11.6. The van der Waals surface area contributed by atoms with Crippen LogP contribution in [0.5, 0.6) is 17.2 Å². The molecule has 0 aliphatic carbocycles. The monoisotopic (exact) mass is 752 g/mol. The molecule has 0 radical (unpaired) electrons. The molecule has 0 bridgehead atoms. The van der Waals surface area contributed by atoms with Gasteiger partial charge < -0.3 is 43.7 Å². The second kappa shape index (κ2) is 22.9. The molecule has 0 saturated carbocycles. The van der Waals surface area contributed by atoms with Crippen molar-refractivity contribution in [1.29, 1.82) is 0 Å². The van der Waals surface area contributed by atoms with E-state index < -0.39 is 22.0 Å². The lowest BCUT2D eigenvalue weighted by Gasteiger charge is -2.08. The van der Waals surface area contributed by atoms with Crippen LogP contribution >= 0.6 is 0 Å². The van der Waals surface area contributed by atoms with E-state index in [1.165, 1.54) is 12.1 Å². The summed E-state index contributed by atoms with van der Waals surface area (Å²) in [5.74, 6) is -0.669. The molecule has 0 atom stereocenters. The molecular weight excluding hydrogens is 696 g/mol. The van der Waals surface area contributed by atoms with Gasteiger partial charge in [-0.2, -0.15) is 0 Å². The Balaban J connectivity index is 1.37. The van der Waals surface area contributed by atoms with Gasteiger partial charge in [0.15, 0.2) is 17.2 Å². The Labute approximate surface area is 317 Å². The Hall–Kier alpha value is -4.17. The predicted octanol–water partition coefficient (Wildman–Crippen LogP) is 5.75. The lowest BCUT2D eigenvalue weighted by molar-refractivity contribution is 0.00633. The lowest BCUT2D eigenvalue weighted by atomic mass is 10.0. The molecule has 0 aromatic heterocycles. The van der Waals surface area contributed by atoms with Crippen LogP contribution in [0.2, 0.25) is 0 Å². The van der Waals surface area contributed by atoms with Crippen LogP contribution in [0.15, 0.2) is 62.9 Å². The van der Waals surface area contributed by atoms with Crippen molar-refractivity contribution in [1.82, 2.24) is 0 Å². The first kappa shape index (κ1) is 44.2. The zero-order chi connectivity index (χ0) is 39.6. The topological polar surface area (TPSA) is 167 Å². The average molecular weight is 753 g/mol. The summed E-state index contributed by atoms with van der Waals surface area (Å²) in [5, 5.41) is 31.2. The highest BCUT2D eigenvalue weighted by Gasteiger charge is 2.14. The van der Waals surface area contributed by atoms with Gasteiger partial charge >= 0.3 is 0 Å².